The zero-order valence-corrected chi connectivity index (χ0v) is 10.9. The number of anilines is 2. The lowest BCUT2D eigenvalue weighted by atomic mass is 10.2. The molecule has 1 amide bonds. The Hall–Kier alpha value is -2.24. The van der Waals surface area contributed by atoms with Gasteiger partial charge in [-0.15, -0.1) is 0 Å². The summed E-state index contributed by atoms with van der Waals surface area (Å²) in [6.07, 6.45) is 0.617. The van der Waals surface area contributed by atoms with E-state index in [0.717, 1.165) is 0 Å². The van der Waals surface area contributed by atoms with Gasteiger partial charge in [0.25, 0.3) is 0 Å². The van der Waals surface area contributed by atoms with Gasteiger partial charge in [0.15, 0.2) is 0 Å². The Morgan fingerprint density at radius 1 is 1.47 bits per heavy atom. The minimum atomic E-state index is -0.374. The summed E-state index contributed by atoms with van der Waals surface area (Å²) >= 11 is 0. The van der Waals surface area contributed by atoms with Crippen LogP contribution in [0, 0.1) is 0 Å². The highest BCUT2D eigenvalue weighted by atomic mass is 16.5. The minimum Gasteiger partial charge on any atom is -0.495 e. The number of methoxy groups -OCH3 is 1. The molecule has 2 rings (SSSR count). The van der Waals surface area contributed by atoms with E-state index in [2.05, 4.69) is 10.6 Å². The second kappa shape index (κ2) is 5.60. The van der Waals surface area contributed by atoms with E-state index in [1.165, 1.54) is 6.92 Å². The van der Waals surface area contributed by atoms with Crippen LogP contribution in [0.5, 0.6) is 5.75 Å². The molecule has 1 aromatic carbocycles. The molecule has 1 aliphatic heterocycles. The number of rotatable bonds is 4. The first-order chi connectivity index (χ1) is 9.10. The maximum absolute atomic E-state index is 11.4. The number of nitrogens with one attached hydrogen (secondary N) is 2. The van der Waals surface area contributed by atoms with Crippen LogP contribution >= 0.6 is 0 Å². The van der Waals surface area contributed by atoms with E-state index >= 15 is 0 Å². The van der Waals surface area contributed by atoms with Crippen molar-refractivity contribution in [3.05, 3.63) is 18.2 Å². The summed E-state index contributed by atoms with van der Waals surface area (Å²) in [6.45, 7) is 1.86. The Morgan fingerprint density at radius 2 is 2.26 bits per heavy atom. The molecule has 1 fully saturated rings. The van der Waals surface area contributed by atoms with Gasteiger partial charge < -0.3 is 20.1 Å². The monoisotopic (exact) mass is 264 g/mol. The number of hydrogen-bond acceptors (Lipinski definition) is 5. The van der Waals surface area contributed by atoms with Crippen molar-refractivity contribution in [1.82, 2.24) is 0 Å². The molecule has 0 aliphatic carbocycles. The molecular formula is C13H16N2O4. The van der Waals surface area contributed by atoms with E-state index in [-0.39, 0.29) is 17.9 Å². The molecule has 0 aromatic heterocycles. The molecule has 0 bridgehead atoms. The van der Waals surface area contributed by atoms with Crippen molar-refractivity contribution in [3.63, 3.8) is 0 Å². The molecule has 1 aromatic rings. The largest absolute Gasteiger partial charge is 0.495 e. The Labute approximate surface area is 111 Å². The van der Waals surface area contributed by atoms with Crippen LogP contribution in [0.4, 0.5) is 11.4 Å². The zero-order chi connectivity index (χ0) is 13.8. The second-order valence-electron chi connectivity index (χ2n) is 4.25. The lowest BCUT2D eigenvalue weighted by molar-refractivity contribution is -0.138. The van der Waals surface area contributed by atoms with Crippen LogP contribution in [0.2, 0.25) is 0 Å². The molecule has 0 saturated carbocycles. The fraction of sp³-hybridized carbons (Fsp3) is 0.385. The average Bonchev–Trinajstić information content (AvgIpc) is 2.75. The molecule has 1 atom stereocenters. The summed E-state index contributed by atoms with van der Waals surface area (Å²) < 4.78 is 10.1. The highest BCUT2D eigenvalue weighted by Crippen LogP contribution is 2.29. The first-order valence-corrected chi connectivity index (χ1v) is 5.99. The molecule has 6 heteroatoms. The predicted molar refractivity (Wildman–Crippen MR) is 70.3 cm³/mol. The third-order valence-corrected chi connectivity index (χ3v) is 2.78. The van der Waals surface area contributed by atoms with Gasteiger partial charge in [0, 0.05) is 19.0 Å². The van der Waals surface area contributed by atoms with Gasteiger partial charge in [-0.25, -0.2) is 4.79 Å². The van der Waals surface area contributed by atoms with Crippen molar-refractivity contribution in [2.45, 2.75) is 19.4 Å². The molecule has 19 heavy (non-hydrogen) atoms. The average molecular weight is 264 g/mol. The van der Waals surface area contributed by atoms with Crippen LogP contribution < -0.4 is 15.4 Å². The first-order valence-electron chi connectivity index (χ1n) is 5.99. The van der Waals surface area contributed by atoms with Crippen LogP contribution in [0.15, 0.2) is 18.2 Å². The van der Waals surface area contributed by atoms with E-state index < -0.39 is 0 Å². The molecule has 102 valence electrons. The third kappa shape index (κ3) is 3.15. The number of esters is 1. The number of carbonyl (C=O) groups excluding carboxylic acids is 2. The summed E-state index contributed by atoms with van der Waals surface area (Å²) in [6, 6.07) is 4.82. The molecule has 1 heterocycles. The Morgan fingerprint density at radius 3 is 2.84 bits per heavy atom. The second-order valence-corrected chi connectivity index (χ2v) is 4.25. The van der Waals surface area contributed by atoms with Crippen molar-refractivity contribution in [2.75, 3.05) is 24.4 Å². The van der Waals surface area contributed by atoms with Crippen molar-refractivity contribution >= 4 is 23.3 Å². The maximum Gasteiger partial charge on any atom is 0.328 e. The van der Waals surface area contributed by atoms with Crippen LogP contribution in [-0.2, 0) is 14.3 Å². The first kappa shape index (κ1) is 13.2. The van der Waals surface area contributed by atoms with Gasteiger partial charge >= 0.3 is 5.97 Å². The van der Waals surface area contributed by atoms with Crippen LogP contribution in [0.1, 0.15) is 13.3 Å². The highest BCUT2D eigenvalue weighted by Gasteiger charge is 2.27. The topological polar surface area (TPSA) is 76.7 Å². The number of hydrogen-bond donors (Lipinski definition) is 2. The number of benzene rings is 1. The van der Waals surface area contributed by atoms with Gasteiger partial charge in [-0.3, -0.25) is 4.79 Å². The van der Waals surface area contributed by atoms with Gasteiger partial charge in [0.2, 0.25) is 5.91 Å². The van der Waals surface area contributed by atoms with Gasteiger partial charge in [-0.05, 0) is 18.2 Å². The standard InChI is InChI=1S/C13H16N2O4/c1-8(16)14-9-3-4-12(18-2)11(7-9)15-10-5-6-19-13(10)17/h3-4,7,10,15H,5-6H2,1-2H3,(H,14,16)/t10-/m0/s1. The lowest BCUT2D eigenvalue weighted by Gasteiger charge is -2.15. The van der Waals surface area contributed by atoms with Crippen LogP contribution in [0.3, 0.4) is 0 Å². The lowest BCUT2D eigenvalue weighted by Crippen LogP contribution is -2.24. The quantitative estimate of drug-likeness (QED) is 0.803. The number of cyclic esters (lactones) is 1. The Kier molecular flexibility index (Phi) is 3.89. The highest BCUT2D eigenvalue weighted by molar-refractivity contribution is 5.90. The van der Waals surface area contributed by atoms with E-state index in [4.69, 9.17) is 9.47 Å². The normalized spacial score (nSPS) is 17.8. The SMILES string of the molecule is COc1ccc(NC(C)=O)cc1N[C@H]1CCOC1=O. The van der Waals surface area contributed by atoms with E-state index in [1.54, 1.807) is 25.3 Å². The molecule has 2 N–H and O–H groups in total. The Bertz CT molecular complexity index is 501. The molecule has 1 saturated heterocycles. The summed E-state index contributed by atoms with van der Waals surface area (Å²) in [4.78, 5) is 22.5. The van der Waals surface area contributed by atoms with E-state index in [9.17, 15) is 9.59 Å². The third-order valence-electron chi connectivity index (χ3n) is 2.78. The predicted octanol–water partition coefficient (Wildman–Crippen LogP) is 1.38. The van der Waals surface area contributed by atoms with Gasteiger partial charge in [0.05, 0.1) is 19.4 Å². The smallest absolute Gasteiger partial charge is 0.328 e. The summed E-state index contributed by atoms with van der Waals surface area (Å²) in [5.74, 6) is 0.178. The van der Waals surface area contributed by atoms with Crippen LogP contribution in [0.25, 0.3) is 0 Å². The van der Waals surface area contributed by atoms with Crippen molar-refractivity contribution in [3.8, 4) is 5.75 Å². The van der Waals surface area contributed by atoms with Gasteiger partial charge in [-0.1, -0.05) is 0 Å². The van der Waals surface area contributed by atoms with Crippen molar-refractivity contribution in [2.24, 2.45) is 0 Å². The molecule has 0 spiro atoms. The summed E-state index contributed by atoms with van der Waals surface area (Å²) in [7, 11) is 1.55. The molecule has 6 nitrogen and oxygen atoms in total. The van der Waals surface area contributed by atoms with Gasteiger partial charge in [-0.2, -0.15) is 0 Å². The molecule has 1 aliphatic rings. The van der Waals surface area contributed by atoms with Gasteiger partial charge in [0.1, 0.15) is 11.8 Å². The van der Waals surface area contributed by atoms with E-state index in [0.29, 0.717) is 30.2 Å². The van der Waals surface area contributed by atoms with Crippen molar-refractivity contribution < 1.29 is 19.1 Å². The Balaban J connectivity index is 2.20. The number of carbonyl (C=O) groups is 2. The molecular weight excluding hydrogens is 248 g/mol. The fourth-order valence-electron chi connectivity index (χ4n) is 1.92. The number of ether oxygens (including phenoxy) is 2. The summed E-state index contributed by atoms with van der Waals surface area (Å²) in [5.41, 5.74) is 1.29. The zero-order valence-electron chi connectivity index (χ0n) is 10.9. The van der Waals surface area contributed by atoms with E-state index in [1.807, 2.05) is 0 Å². The van der Waals surface area contributed by atoms with Crippen molar-refractivity contribution in [1.29, 1.82) is 0 Å². The fourth-order valence-corrected chi connectivity index (χ4v) is 1.92. The maximum atomic E-state index is 11.4. The summed E-state index contributed by atoms with van der Waals surface area (Å²) in [5, 5.41) is 5.75. The molecule has 0 radical (unpaired) electrons. The number of amides is 1. The minimum absolute atomic E-state index is 0.156. The molecule has 0 unspecified atom stereocenters. The van der Waals surface area contributed by atoms with Crippen LogP contribution in [-0.4, -0.2) is 31.6 Å².